The molecule has 0 radical (unpaired) electrons. The molecule has 0 aromatic carbocycles. The van der Waals surface area contributed by atoms with Gasteiger partial charge < -0.3 is 15.3 Å². The molecule has 0 heterocycles. The Hall–Kier alpha value is -1.31. The van der Waals surface area contributed by atoms with Crippen LogP contribution in [0.15, 0.2) is 0 Å². The number of sulfone groups is 1. The van der Waals surface area contributed by atoms with E-state index in [0.29, 0.717) is 6.42 Å². The quantitative estimate of drug-likeness (QED) is 0.628. The molecule has 0 aliphatic carbocycles. The van der Waals surface area contributed by atoms with Crippen LogP contribution in [0.1, 0.15) is 13.3 Å². The van der Waals surface area contributed by atoms with Crippen LogP contribution in [0.4, 0.5) is 4.79 Å². The number of carbonyl (C=O) groups is 2. The van der Waals surface area contributed by atoms with Gasteiger partial charge in [-0.2, -0.15) is 0 Å². The van der Waals surface area contributed by atoms with Crippen molar-refractivity contribution in [1.29, 1.82) is 0 Å². The van der Waals surface area contributed by atoms with Gasteiger partial charge >= 0.3 is 12.0 Å². The van der Waals surface area contributed by atoms with Crippen molar-refractivity contribution in [1.82, 2.24) is 10.2 Å². The molecule has 2 amide bonds. The molecule has 0 fully saturated rings. The van der Waals surface area contributed by atoms with Gasteiger partial charge in [-0.1, -0.05) is 6.92 Å². The maximum atomic E-state index is 11.5. The highest BCUT2D eigenvalue weighted by molar-refractivity contribution is 7.90. The molecule has 106 valence electrons. The van der Waals surface area contributed by atoms with E-state index in [9.17, 15) is 18.0 Å². The summed E-state index contributed by atoms with van der Waals surface area (Å²) < 4.78 is 21.7. The molecule has 1 unspecified atom stereocenters. The van der Waals surface area contributed by atoms with Gasteiger partial charge in [-0.3, -0.25) is 4.79 Å². The van der Waals surface area contributed by atoms with Crippen molar-refractivity contribution < 1.29 is 23.1 Å². The third kappa shape index (κ3) is 7.88. The molecule has 0 spiro atoms. The zero-order valence-corrected chi connectivity index (χ0v) is 11.7. The molecule has 0 aromatic heterocycles. The van der Waals surface area contributed by atoms with Crippen LogP contribution in [0.2, 0.25) is 0 Å². The van der Waals surface area contributed by atoms with Gasteiger partial charge in [0, 0.05) is 26.4 Å². The third-order valence-electron chi connectivity index (χ3n) is 2.28. The average Bonchev–Trinajstić information content (AvgIpc) is 2.22. The van der Waals surface area contributed by atoms with E-state index in [1.54, 1.807) is 0 Å². The summed E-state index contributed by atoms with van der Waals surface area (Å²) in [6.45, 7) is 1.86. The predicted octanol–water partition coefficient (Wildman–Crippen LogP) is -0.217. The normalized spacial score (nSPS) is 12.8. The monoisotopic (exact) mass is 280 g/mol. The van der Waals surface area contributed by atoms with Crippen molar-refractivity contribution in [3.63, 3.8) is 0 Å². The zero-order chi connectivity index (χ0) is 14.3. The number of rotatable bonds is 7. The summed E-state index contributed by atoms with van der Waals surface area (Å²) in [7, 11) is -1.52. The average molecular weight is 280 g/mol. The lowest BCUT2D eigenvalue weighted by Crippen LogP contribution is -2.41. The first kappa shape index (κ1) is 16.7. The predicted molar refractivity (Wildman–Crippen MR) is 67.2 cm³/mol. The Morgan fingerprint density at radius 3 is 2.39 bits per heavy atom. The van der Waals surface area contributed by atoms with Crippen molar-refractivity contribution in [3.8, 4) is 0 Å². The molecular weight excluding hydrogens is 260 g/mol. The van der Waals surface area contributed by atoms with Gasteiger partial charge in [0.15, 0.2) is 0 Å². The van der Waals surface area contributed by atoms with Crippen LogP contribution < -0.4 is 5.32 Å². The van der Waals surface area contributed by atoms with E-state index in [-0.39, 0.29) is 18.8 Å². The van der Waals surface area contributed by atoms with Crippen molar-refractivity contribution in [3.05, 3.63) is 0 Å². The first-order valence-corrected chi connectivity index (χ1v) is 7.59. The third-order valence-corrected chi connectivity index (χ3v) is 3.31. The topological polar surface area (TPSA) is 104 Å². The molecule has 1 atom stereocenters. The number of nitrogens with one attached hydrogen (secondary N) is 1. The molecule has 18 heavy (non-hydrogen) atoms. The largest absolute Gasteiger partial charge is 0.481 e. The molecule has 0 rings (SSSR count). The Morgan fingerprint density at radius 1 is 1.39 bits per heavy atom. The summed E-state index contributed by atoms with van der Waals surface area (Å²) in [6.07, 6.45) is 1.47. The van der Waals surface area contributed by atoms with Crippen LogP contribution in [0.25, 0.3) is 0 Å². The maximum Gasteiger partial charge on any atom is 0.317 e. The number of nitrogens with zero attached hydrogens (tertiary/aromatic N) is 1. The fourth-order valence-corrected chi connectivity index (χ4v) is 1.91. The van der Waals surface area contributed by atoms with Gasteiger partial charge in [-0.25, -0.2) is 13.2 Å². The van der Waals surface area contributed by atoms with E-state index in [1.165, 1.54) is 18.9 Å². The van der Waals surface area contributed by atoms with E-state index < -0.39 is 27.8 Å². The van der Waals surface area contributed by atoms with Gasteiger partial charge in [-0.15, -0.1) is 0 Å². The lowest BCUT2D eigenvalue weighted by molar-refractivity contribution is -0.141. The highest BCUT2D eigenvalue weighted by Crippen LogP contribution is 1.98. The molecule has 0 aliphatic rings. The summed E-state index contributed by atoms with van der Waals surface area (Å²) >= 11 is 0. The van der Waals surface area contributed by atoms with Crippen LogP contribution in [0.3, 0.4) is 0 Å². The van der Waals surface area contributed by atoms with Crippen LogP contribution in [0, 0.1) is 5.92 Å². The van der Waals surface area contributed by atoms with Gasteiger partial charge in [0.2, 0.25) is 0 Å². The van der Waals surface area contributed by atoms with Gasteiger partial charge in [0.05, 0.1) is 11.7 Å². The standard InChI is InChI=1S/C10H20N2O5S/c1-8(9(13)14)7-12(2)10(15)11-5-4-6-18(3,16)17/h8H,4-7H2,1-3H3,(H,11,15)(H,13,14). The summed E-state index contributed by atoms with van der Waals surface area (Å²) in [4.78, 5) is 23.4. The second-order valence-electron chi connectivity index (χ2n) is 4.34. The lowest BCUT2D eigenvalue weighted by atomic mass is 10.2. The molecule has 0 aromatic rings. The summed E-state index contributed by atoms with van der Waals surface area (Å²) in [5, 5.41) is 11.2. The Morgan fingerprint density at radius 2 is 1.94 bits per heavy atom. The Labute approximate surface area is 107 Å². The van der Waals surface area contributed by atoms with E-state index >= 15 is 0 Å². The van der Waals surface area contributed by atoms with Gasteiger partial charge in [0.25, 0.3) is 0 Å². The van der Waals surface area contributed by atoms with Crippen molar-refractivity contribution in [2.45, 2.75) is 13.3 Å². The van der Waals surface area contributed by atoms with E-state index in [4.69, 9.17) is 5.11 Å². The highest BCUT2D eigenvalue weighted by Gasteiger charge is 2.16. The number of amides is 2. The molecule has 0 bridgehead atoms. The molecule has 7 nitrogen and oxygen atoms in total. The molecule has 0 saturated carbocycles. The van der Waals surface area contributed by atoms with E-state index in [0.717, 1.165) is 6.26 Å². The number of carboxylic acid groups (broad SMARTS) is 1. The van der Waals surface area contributed by atoms with Crippen molar-refractivity contribution in [2.24, 2.45) is 5.92 Å². The van der Waals surface area contributed by atoms with Crippen LogP contribution in [-0.4, -0.2) is 62.6 Å². The number of hydrogen-bond donors (Lipinski definition) is 2. The Balaban J connectivity index is 3.92. The van der Waals surface area contributed by atoms with Crippen LogP contribution in [0.5, 0.6) is 0 Å². The minimum Gasteiger partial charge on any atom is -0.481 e. The Bertz CT molecular complexity index is 393. The minimum atomic E-state index is -3.02. The van der Waals surface area contributed by atoms with Crippen LogP contribution >= 0.6 is 0 Å². The summed E-state index contributed by atoms with van der Waals surface area (Å²) in [5.41, 5.74) is 0. The van der Waals surface area contributed by atoms with E-state index in [2.05, 4.69) is 5.32 Å². The maximum absolute atomic E-state index is 11.5. The zero-order valence-electron chi connectivity index (χ0n) is 10.8. The van der Waals surface area contributed by atoms with Crippen LogP contribution in [-0.2, 0) is 14.6 Å². The second-order valence-corrected chi connectivity index (χ2v) is 6.59. The molecule has 2 N–H and O–H groups in total. The second kappa shape index (κ2) is 7.20. The van der Waals surface area contributed by atoms with Crippen molar-refractivity contribution in [2.75, 3.05) is 32.1 Å². The first-order chi connectivity index (χ1) is 8.13. The molecule has 0 saturated heterocycles. The lowest BCUT2D eigenvalue weighted by Gasteiger charge is -2.19. The van der Waals surface area contributed by atoms with Gasteiger partial charge in [0.1, 0.15) is 9.84 Å². The number of carbonyl (C=O) groups excluding carboxylic acids is 1. The van der Waals surface area contributed by atoms with Crippen molar-refractivity contribution >= 4 is 21.8 Å². The van der Waals surface area contributed by atoms with E-state index in [1.807, 2.05) is 0 Å². The number of hydrogen-bond acceptors (Lipinski definition) is 4. The minimum absolute atomic E-state index is 0.0164. The number of aliphatic carboxylic acids is 1. The summed E-state index contributed by atoms with van der Waals surface area (Å²) in [5.74, 6) is -1.59. The highest BCUT2D eigenvalue weighted by atomic mass is 32.2. The molecular formula is C10H20N2O5S. The number of urea groups is 1. The number of carboxylic acids is 1. The fraction of sp³-hybridized carbons (Fsp3) is 0.800. The first-order valence-electron chi connectivity index (χ1n) is 5.53. The molecule has 0 aliphatic heterocycles. The van der Waals surface area contributed by atoms with Gasteiger partial charge in [-0.05, 0) is 6.42 Å². The smallest absolute Gasteiger partial charge is 0.317 e. The molecule has 8 heteroatoms. The Kier molecular flexibility index (Phi) is 6.67. The fourth-order valence-electron chi connectivity index (χ4n) is 1.24. The SMILES string of the molecule is CC(CN(C)C(=O)NCCCS(C)(=O)=O)C(=O)O. The summed E-state index contributed by atoms with van der Waals surface area (Å²) in [6, 6.07) is -0.406.